The van der Waals surface area contributed by atoms with Crippen LogP contribution >= 0.6 is 0 Å². The normalized spacial score (nSPS) is 20.5. The van der Waals surface area contributed by atoms with E-state index in [4.69, 9.17) is 0 Å². The van der Waals surface area contributed by atoms with Gasteiger partial charge < -0.3 is 10.0 Å². The first kappa shape index (κ1) is 26.1. The van der Waals surface area contributed by atoms with Gasteiger partial charge in [-0.2, -0.15) is 0 Å². The van der Waals surface area contributed by atoms with Crippen molar-refractivity contribution in [2.75, 3.05) is 12.3 Å². The van der Waals surface area contributed by atoms with Crippen molar-refractivity contribution in [3.63, 3.8) is 0 Å². The number of benzene rings is 2. The van der Waals surface area contributed by atoms with E-state index in [1.54, 1.807) is 0 Å². The Hall–Kier alpha value is -2.50. The van der Waals surface area contributed by atoms with Crippen LogP contribution in [0.1, 0.15) is 26.3 Å². The van der Waals surface area contributed by atoms with Gasteiger partial charge >= 0.3 is 0 Å². The van der Waals surface area contributed by atoms with Gasteiger partial charge in [0.25, 0.3) is 11.8 Å². The van der Waals surface area contributed by atoms with Crippen LogP contribution in [0.25, 0.3) is 11.1 Å². The summed E-state index contributed by atoms with van der Waals surface area (Å²) in [5.41, 5.74) is -1.84. The molecule has 1 saturated heterocycles. The van der Waals surface area contributed by atoms with Gasteiger partial charge in [0.2, 0.25) is 10.0 Å². The molecule has 11 heteroatoms. The van der Waals surface area contributed by atoms with Crippen LogP contribution in [-0.2, 0) is 21.2 Å². The molecule has 1 aliphatic rings. The number of carbonyl (C=O) groups excluding carboxylic acids is 1. The quantitative estimate of drug-likeness (QED) is 0.570. The molecule has 1 heterocycles. The summed E-state index contributed by atoms with van der Waals surface area (Å²) in [5, 5.41) is 10.2. The van der Waals surface area contributed by atoms with Crippen molar-refractivity contribution in [1.82, 2.24) is 9.62 Å². The molecule has 0 radical (unpaired) electrons. The first-order valence-corrected chi connectivity index (χ1v) is 12.3. The Morgan fingerprint density at radius 2 is 1.85 bits per heavy atom. The number of carbonyl (C=O) groups is 1. The number of rotatable bonds is 7. The highest BCUT2D eigenvalue weighted by Gasteiger charge is 2.58. The molecule has 3 rings (SSSR count). The average Bonchev–Trinajstić information content (AvgIpc) is 2.98. The van der Waals surface area contributed by atoms with Gasteiger partial charge in [0, 0.05) is 5.56 Å². The Kier molecular flexibility index (Phi) is 7.12. The molecule has 1 fully saturated rings. The predicted molar refractivity (Wildman–Crippen MR) is 119 cm³/mol. The van der Waals surface area contributed by atoms with Crippen LogP contribution in [0.3, 0.4) is 0 Å². The molecule has 0 aromatic heterocycles. The fraction of sp³-hybridized carbons (Fsp3) is 0.435. The van der Waals surface area contributed by atoms with E-state index in [9.17, 15) is 31.5 Å². The summed E-state index contributed by atoms with van der Waals surface area (Å²) in [7, 11) is -4.12. The Bertz CT molecular complexity index is 1180. The van der Waals surface area contributed by atoms with Crippen molar-refractivity contribution in [2.45, 2.75) is 50.8 Å². The van der Waals surface area contributed by atoms with Crippen LogP contribution in [0, 0.1) is 11.6 Å². The van der Waals surface area contributed by atoms with E-state index < -0.39 is 69.9 Å². The number of alkyl halides is 2. The number of nitrogens with one attached hydrogen (secondary N) is 1. The molecule has 1 amide bonds. The molecule has 6 nitrogen and oxygen atoms in total. The number of halogens is 4. The van der Waals surface area contributed by atoms with Crippen LogP contribution in [0.15, 0.2) is 42.5 Å². The molecule has 186 valence electrons. The predicted octanol–water partition coefficient (Wildman–Crippen LogP) is 3.10. The maximum Gasteiger partial charge on any atom is 0.283 e. The van der Waals surface area contributed by atoms with Gasteiger partial charge in [-0.3, -0.25) is 4.79 Å². The van der Waals surface area contributed by atoms with Crippen molar-refractivity contribution in [3.8, 4) is 11.1 Å². The largest absolute Gasteiger partial charge is 0.381 e. The SMILES string of the molecule is CCS(=O)(=O)N[C@@H]1[C@H](Cc2cccc(-c3cccc(F)c3)c2F)N(C(=O)C(C)(C)O)CC1(F)F. The van der Waals surface area contributed by atoms with E-state index in [0.29, 0.717) is 4.90 Å². The second-order valence-corrected chi connectivity index (χ2v) is 10.9. The van der Waals surface area contributed by atoms with Crippen LogP contribution in [0.5, 0.6) is 0 Å². The minimum atomic E-state index is -4.12. The van der Waals surface area contributed by atoms with Crippen LogP contribution in [0.2, 0.25) is 0 Å². The van der Waals surface area contributed by atoms with Crippen molar-refractivity contribution in [3.05, 3.63) is 59.7 Å². The molecule has 2 atom stereocenters. The molecule has 34 heavy (non-hydrogen) atoms. The molecule has 0 saturated carbocycles. The Balaban J connectivity index is 2.07. The minimum Gasteiger partial charge on any atom is -0.381 e. The molecular weight excluding hydrogens is 476 g/mol. The first-order chi connectivity index (χ1) is 15.7. The van der Waals surface area contributed by atoms with Gasteiger partial charge in [-0.05, 0) is 50.5 Å². The fourth-order valence-corrected chi connectivity index (χ4v) is 4.87. The molecule has 0 unspecified atom stereocenters. The lowest BCUT2D eigenvalue weighted by Gasteiger charge is -2.32. The fourth-order valence-electron chi connectivity index (χ4n) is 3.99. The number of nitrogens with zero attached hydrogens (tertiary/aromatic N) is 1. The van der Waals surface area contributed by atoms with Crippen molar-refractivity contribution >= 4 is 15.9 Å². The minimum absolute atomic E-state index is 0.0211. The third-order valence-electron chi connectivity index (χ3n) is 5.74. The summed E-state index contributed by atoms with van der Waals surface area (Å²) < 4.78 is 85.3. The van der Waals surface area contributed by atoms with E-state index in [1.807, 2.05) is 4.72 Å². The zero-order chi connectivity index (χ0) is 25.5. The van der Waals surface area contributed by atoms with Crippen LogP contribution in [0.4, 0.5) is 17.6 Å². The number of hydrogen-bond acceptors (Lipinski definition) is 4. The summed E-state index contributed by atoms with van der Waals surface area (Å²) in [6, 6.07) is 5.84. The highest BCUT2D eigenvalue weighted by atomic mass is 32.2. The average molecular weight is 503 g/mol. The number of amides is 1. The summed E-state index contributed by atoms with van der Waals surface area (Å²) in [4.78, 5) is 13.5. The van der Waals surface area contributed by atoms with Gasteiger partial charge in [-0.1, -0.05) is 30.3 Å². The third kappa shape index (κ3) is 5.42. The van der Waals surface area contributed by atoms with Gasteiger partial charge in [0.05, 0.1) is 18.3 Å². The zero-order valence-corrected chi connectivity index (χ0v) is 19.7. The highest BCUT2D eigenvalue weighted by molar-refractivity contribution is 7.89. The maximum atomic E-state index is 15.4. The summed E-state index contributed by atoms with van der Waals surface area (Å²) in [5.74, 6) is -6.60. The number of sulfonamides is 1. The van der Waals surface area contributed by atoms with Gasteiger partial charge in [0.1, 0.15) is 23.3 Å². The zero-order valence-electron chi connectivity index (χ0n) is 18.9. The van der Waals surface area contributed by atoms with E-state index in [-0.39, 0.29) is 16.7 Å². The van der Waals surface area contributed by atoms with E-state index in [1.165, 1.54) is 43.3 Å². The van der Waals surface area contributed by atoms with Crippen LogP contribution in [-0.4, -0.2) is 60.2 Å². The number of hydrogen-bond donors (Lipinski definition) is 2. The smallest absolute Gasteiger partial charge is 0.283 e. The van der Waals surface area contributed by atoms with Crippen molar-refractivity contribution < 1.29 is 35.9 Å². The molecule has 0 bridgehead atoms. The second kappa shape index (κ2) is 9.27. The summed E-state index contributed by atoms with van der Waals surface area (Å²) in [6.45, 7) is 2.37. The van der Waals surface area contributed by atoms with E-state index in [0.717, 1.165) is 19.9 Å². The first-order valence-electron chi connectivity index (χ1n) is 10.6. The number of likely N-dealkylation sites (tertiary alicyclic amines) is 1. The van der Waals surface area contributed by atoms with Gasteiger partial charge in [-0.15, -0.1) is 0 Å². The Labute approximate surface area is 195 Å². The lowest BCUT2D eigenvalue weighted by atomic mass is 9.95. The number of aliphatic hydroxyl groups is 1. The Morgan fingerprint density at radius 3 is 2.44 bits per heavy atom. The monoisotopic (exact) mass is 502 g/mol. The third-order valence-corrected chi connectivity index (χ3v) is 7.11. The molecule has 2 aromatic rings. The highest BCUT2D eigenvalue weighted by Crippen LogP contribution is 2.37. The van der Waals surface area contributed by atoms with Crippen molar-refractivity contribution in [1.29, 1.82) is 0 Å². The van der Waals surface area contributed by atoms with Crippen molar-refractivity contribution in [2.24, 2.45) is 0 Å². The topological polar surface area (TPSA) is 86.7 Å². The lowest BCUT2D eigenvalue weighted by molar-refractivity contribution is -0.149. The molecule has 1 aliphatic heterocycles. The van der Waals surface area contributed by atoms with E-state index >= 15 is 4.39 Å². The molecular formula is C23H26F4N2O4S. The standard InChI is InChI=1S/C23H26F4N2O4S/c1-4-34(32,33)28-20-18(29(13-23(20,26)27)21(30)22(2,3)31)12-15-8-6-10-17(19(15)25)14-7-5-9-16(24)11-14/h5-11,18,20,28,31H,4,12-13H2,1-3H3/t18-,20+/m0/s1. The summed E-state index contributed by atoms with van der Waals surface area (Å²) in [6.07, 6.45) is -0.469. The maximum absolute atomic E-state index is 15.4. The molecule has 2 aromatic carbocycles. The van der Waals surface area contributed by atoms with Crippen LogP contribution < -0.4 is 4.72 Å². The van der Waals surface area contributed by atoms with E-state index in [2.05, 4.69) is 0 Å². The molecule has 2 N–H and O–H groups in total. The van der Waals surface area contributed by atoms with Gasteiger partial charge in [-0.25, -0.2) is 30.7 Å². The molecule has 0 spiro atoms. The Morgan fingerprint density at radius 1 is 1.21 bits per heavy atom. The van der Waals surface area contributed by atoms with Gasteiger partial charge in [0.15, 0.2) is 0 Å². The summed E-state index contributed by atoms with van der Waals surface area (Å²) >= 11 is 0. The molecule has 0 aliphatic carbocycles. The second-order valence-electron chi connectivity index (χ2n) is 8.81. The lowest BCUT2D eigenvalue weighted by Crippen LogP contribution is -2.54.